The average Bonchev–Trinajstić information content (AvgIpc) is 3.38. The smallest absolute Gasteiger partial charge is 0.241 e. The highest BCUT2D eigenvalue weighted by Gasteiger charge is 2.47. The Hall–Kier alpha value is -3.35. The Morgan fingerprint density at radius 2 is 1.56 bits per heavy atom. The van der Waals surface area contributed by atoms with Crippen LogP contribution in [0.2, 0.25) is 0 Å². The van der Waals surface area contributed by atoms with Crippen LogP contribution in [0.3, 0.4) is 0 Å². The predicted octanol–water partition coefficient (Wildman–Crippen LogP) is 5.36. The summed E-state index contributed by atoms with van der Waals surface area (Å²) in [6, 6.07) is 23.5. The average molecular weight is 526 g/mol. The molecule has 39 heavy (non-hydrogen) atoms. The molecule has 0 spiro atoms. The lowest BCUT2D eigenvalue weighted by molar-refractivity contribution is -0.121. The Morgan fingerprint density at radius 3 is 2.33 bits per heavy atom. The quantitative estimate of drug-likeness (QED) is 0.449. The Balaban J connectivity index is 1.16. The van der Waals surface area contributed by atoms with Crippen LogP contribution in [-0.4, -0.2) is 60.8 Å². The summed E-state index contributed by atoms with van der Waals surface area (Å²) in [5.41, 5.74) is 5.57. The molecule has 204 valence electrons. The highest BCUT2D eigenvalue weighted by Crippen LogP contribution is 2.50. The molecule has 1 atom stereocenters. The van der Waals surface area contributed by atoms with Gasteiger partial charge in [-0.15, -0.1) is 0 Å². The summed E-state index contributed by atoms with van der Waals surface area (Å²) in [5.74, 6) is 1.84. The van der Waals surface area contributed by atoms with Gasteiger partial charge in [0.2, 0.25) is 12.7 Å². The van der Waals surface area contributed by atoms with E-state index in [0.717, 1.165) is 56.3 Å². The number of carbonyl (C=O) groups excluding carboxylic acids is 1. The minimum atomic E-state index is -0.314. The van der Waals surface area contributed by atoms with Crippen molar-refractivity contribution in [1.82, 2.24) is 9.80 Å². The van der Waals surface area contributed by atoms with Crippen molar-refractivity contribution in [2.75, 3.05) is 44.4 Å². The van der Waals surface area contributed by atoms with Crippen LogP contribution >= 0.6 is 0 Å². The molecule has 1 saturated heterocycles. The molecular formula is C33H39N3O3. The van der Waals surface area contributed by atoms with Crippen LogP contribution in [0, 0.1) is 6.92 Å². The van der Waals surface area contributed by atoms with Gasteiger partial charge in [0.25, 0.3) is 0 Å². The number of fused-ring (bicyclic) bond motifs is 2. The summed E-state index contributed by atoms with van der Waals surface area (Å²) in [6.07, 6.45) is 0.871. The number of benzene rings is 3. The highest BCUT2D eigenvalue weighted by atomic mass is 16.7. The first-order chi connectivity index (χ1) is 18.7. The molecule has 3 heterocycles. The molecule has 1 unspecified atom stereocenters. The second kappa shape index (κ2) is 10.00. The molecule has 6 heteroatoms. The number of rotatable bonds is 5. The molecule has 1 amide bonds. The molecule has 0 aromatic heterocycles. The fourth-order valence-corrected chi connectivity index (χ4v) is 6.85. The van der Waals surface area contributed by atoms with E-state index in [-0.39, 0.29) is 16.9 Å². The van der Waals surface area contributed by atoms with Gasteiger partial charge in [0.1, 0.15) is 0 Å². The van der Waals surface area contributed by atoms with Gasteiger partial charge in [-0.05, 0) is 62.1 Å². The zero-order chi connectivity index (χ0) is 27.2. The molecule has 0 saturated carbocycles. The van der Waals surface area contributed by atoms with Gasteiger partial charge in [-0.2, -0.15) is 0 Å². The summed E-state index contributed by atoms with van der Waals surface area (Å²) in [5, 5.41) is 0. The van der Waals surface area contributed by atoms with Crippen molar-refractivity contribution in [1.29, 1.82) is 0 Å². The number of anilines is 1. The first-order valence-electron chi connectivity index (χ1n) is 14.1. The molecule has 3 aliphatic rings. The Kier molecular flexibility index (Phi) is 6.64. The molecule has 0 N–H and O–H groups in total. The first kappa shape index (κ1) is 25.9. The van der Waals surface area contributed by atoms with Gasteiger partial charge >= 0.3 is 0 Å². The van der Waals surface area contributed by atoms with E-state index in [2.05, 4.69) is 103 Å². The number of hydrogen-bond donors (Lipinski definition) is 0. The fraction of sp³-hybridized carbons (Fsp3) is 0.424. The van der Waals surface area contributed by atoms with Crippen molar-refractivity contribution < 1.29 is 14.3 Å². The molecule has 0 bridgehead atoms. The maximum Gasteiger partial charge on any atom is 0.241 e. The van der Waals surface area contributed by atoms with Gasteiger partial charge in [-0.3, -0.25) is 14.6 Å². The summed E-state index contributed by atoms with van der Waals surface area (Å²) < 4.78 is 11.0. The maximum atomic E-state index is 14.0. The van der Waals surface area contributed by atoms with Gasteiger partial charge in [0.05, 0.1) is 6.54 Å². The number of nitrogens with zero attached hydrogens (tertiary/aromatic N) is 3. The summed E-state index contributed by atoms with van der Waals surface area (Å²) in [4.78, 5) is 20.9. The largest absolute Gasteiger partial charge is 0.454 e. The zero-order valence-corrected chi connectivity index (χ0v) is 23.6. The van der Waals surface area contributed by atoms with Crippen LogP contribution in [0.5, 0.6) is 11.5 Å². The van der Waals surface area contributed by atoms with Crippen LogP contribution in [0.15, 0.2) is 66.7 Å². The van der Waals surface area contributed by atoms with E-state index in [4.69, 9.17) is 9.47 Å². The Bertz CT molecular complexity index is 1360. The van der Waals surface area contributed by atoms with E-state index in [9.17, 15) is 4.79 Å². The lowest BCUT2D eigenvalue weighted by Crippen LogP contribution is -2.58. The fourth-order valence-electron chi connectivity index (χ4n) is 6.85. The molecular weight excluding hydrogens is 486 g/mol. The number of amides is 1. The van der Waals surface area contributed by atoms with E-state index in [0.29, 0.717) is 13.3 Å². The summed E-state index contributed by atoms with van der Waals surface area (Å²) >= 11 is 0. The number of hydrogen-bond acceptors (Lipinski definition) is 5. The van der Waals surface area contributed by atoms with Gasteiger partial charge in [-0.1, -0.05) is 61.0 Å². The van der Waals surface area contributed by atoms with Gasteiger partial charge < -0.3 is 14.4 Å². The molecule has 6 rings (SSSR count). The molecule has 3 aliphatic heterocycles. The minimum absolute atomic E-state index is 0.163. The molecule has 0 aliphatic carbocycles. The van der Waals surface area contributed by atoms with E-state index in [1.54, 1.807) is 0 Å². The zero-order valence-electron chi connectivity index (χ0n) is 23.6. The highest BCUT2D eigenvalue weighted by molar-refractivity contribution is 5.98. The van der Waals surface area contributed by atoms with Crippen LogP contribution in [0.1, 0.15) is 49.4 Å². The normalized spacial score (nSPS) is 22.5. The number of aryl methyl sites for hydroxylation is 1. The second-order valence-electron chi connectivity index (χ2n) is 12.2. The van der Waals surface area contributed by atoms with Gasteiger partial charge in [0.15, 0.2) is 11.5 Å². The molecule has 3 aromatic rings. The van der Waals surface area contributed by atoms with Gasteiger partial charge in [0, 0.05) is 49.4 Å². The standard InChI is InChI=1S/C33H39N3O3/c1-24-10-12-28-27(18-24)33(4,26-8-6-5-7-9-26)22-32(2,3)36(28)31(37)21-35-16-14-34(15-17-35)20-25-11-13-29-30(19-25)39-23-38-29/h5-13,18-19H,14-17,20-23H2,1-4H3. The Labute approximate surface area is 232 Å². The number of piperazine rings is 1. The Morgan fingerprint density at radius 1 is 0.846 bits per heavy atom. The third-order valence-electron chi connectivity index (χ3n) is 8.71. The van der Waals surface area contributed by atoms with Crippen LogP contribution in [0.4, 0.5) is 5.69 Å². The van der Waals surface area contributed by atoms with Crippen molar-refractivity contribution in [3.8, 4) is 11.5 Å². The number of carbonyl (C=O) groups is 1. The minimum Gasteiger partial charge on any atom is -0.454 e. The van der Waals surface area contributed by atoms with Crippen LogP contribution < -0.4 is 14.4 Å². The molecule has 3 aromatic carbocycles. The van der Waals surface area contributed by atoms with E-state index in [1.165, 1.54) is 22.3 Å². The maximum absolute atomic E-state index is 14.0. The summed E-state index contributed by atoms with van der Waals surface area (Å²) in [7, 11) is 0. The van der Waals surface area contributed by atoms with E-state index < -0.39 is 0 Å². The SMILES string of the molecule is Cc1ccc2c(c1)C(C)(c1ccccc1)CC(C)(C)N2C(=O)CN1CCN(Cc2ccc3c(c2)OCO3)CC1. The second-order valence-corrected chi connectivity index (χ2v) is 12.2. The lowest BCUT2D eigenvalue weighted by atomic mass is 9.65. The van der Waals surface area contributed by atoms with Crippen molar-refractivity contribution >= 4 is 11.6 Å². The van der Waals surface area contributed by atoms with Crippen molar-refractivity contribution in [2.24, 2.45) is 0 Å². The first-order valence-corrected chi connectivity index (χ1v) is 14.1. The molecule has 6 nitrogen and oxygen atoms in total. The van der Waals surface area contributed by atoms with Crippen molar-refractivity contribution in [3.63, 3.8) is 0 Å². The van der Waals surface area contributed by atoms with E-state index in [1.807, 2.05) is 6.07 Å². The third-order valence-corrected chi connectivity index (χ3v) is 8.71. The van der Waals surface area contributed by atoms with Crippen LogP contribution in [-0.2, 0) is 16.8 Å². The van der Waals surface area contributed by atoms with Crippen LogP contribution in [0.25, 0.3) is 0 Å². The van der Waals surface area contributed by atoms with Gasteiger partial charge in [-0.25, -0.2) is 0 Å². The third kappa shape index (κ3) is 4.92. The van der Waals surface area contributed by atoms with Crippen molar-refractivity contribution in [3.05, 3.63) is 89.0 Å². The topological polar surface area (TPSA) is 45.3 Å². The number of ether oxygens (including phenoxy) is 2. The van der Waals surface area contributed by atoms with Crippen molar-refractivity contribution in [2.45, 2.75) is 51.6 Å². The lowest BCUT2D eigenvalue weighted by Gasteiger charge is -2.52. The summed E-state index contributed by atoms with van der Waals surface area (Å²) in [6.45, 7) is 14.2. The molecule has 1 fully saturated rings. The predicted molar refractivity (Wildman–Crippen MR) is 155 cm³/mol. The molecule has 0 radical (unpaired) electrons. The monoisotopic (exact) mass is 525 g/mol. The van der Waals surface area contributed by atoms with E-state index >= 15 is 0 Å².